The number of hydrogen-bond donors (Lipinski definition) is 1. The largest absolute Gasteiger partial charge is 1.00 e. The van der Waals surface area contributed by atoms with Crippen LogP contribution in [-0.4, -0.2) is 17.2 Å². The van der Waals surface area contributed by atoms with Crippen molar-refractivity contribution >= 4 is 12.1 Å². The number of carbonyl (C=O) groups is 2. The first-order valence-corrected chi connectivity index (χ1v) is 1.54. The Morgan fingerprint density at radius 3 is 1.30 bits per heavy atom. The molecule has 0 aliphatic heterocycles. The summed E-state index contributed by atoms with van der Waals surface area (Å²) < 4.78 is 0. The Morgan fingerprint density at radius 2 is 1.30 bits per heavy atom. The number of aliphatic carboxylic acids is 1. The molecule has 5 nitrogen and oxygen atoms in total. The van der Waals surface area contributed by atoms with Gasteiger partial charge in [-0.05, 0) is 6.92 Å². The quantitative estimate of drug-likeness (QED) is 0.360. The molecule has 48 valence electrons. The van der Waals surface area contributed by atoms with Gasteiger partial charge in [0.15, 0.2) is 0 Å². The summed E-state index contributed by atoms with van der Waals surface area (Å²) >= 11 is 0. The van der Waals surface area contributed by atoms with Gasteiger partial charge in [-0.15, -0.1) is 0 Å². The van der Waals surface area contributed by atoms with E-state index in [0.29, 0.717) is 0 Å². The maximum atomic E-state index is 8.89. The SMILES string of the molecule is CC(=O)[O-].O=C([O-])O.[K+].[Li+]. The van der Waals surface area contributed by atoms with Gasteiger partial charge in [0.25, 0.3) is 0 Å². The average Bonchev–Trinajstić information content (AvgIpc) is 1.25. The van der Waals surface area contributed by atoms with Crippen LogP contribution in [0.2, 0.25) is 0 Å². The van der Waals surface area contributed by atoms with Gasteiger partial charge >= 0.3 is 70.2 Å². The normalized spacial score (nSPS) is 4.90. The van der Waals surface area contributed by atoms with Gasteiger partial charge in [0, 0.05) is 5.97 Å². The Balaban J connectivity index is -0.0000000300. The van der Waals surface area contributed by atoms with Crippen molar-refractivity contribution in [3.8, 4) is 0 Å². The minimum atomic E-state index is -2.08. The van der Waals surface area contributed by atoms with Crippen molar-refractivity contribution in [1.82, 2.24) is 0 Å². The summed E-state index contributed by atoms with van der Waals surface area (Å²) in [5.41, 5.74) is 0. The second-order valence-electron chi connectivity index (χ2n) is 0.757. The van der Waals surface area contributed by atoms with E-state index < -0.39 is 12.1 Å². The van der Waals surface area contributed by atoms with Crippen LogP contribution in [0.1, 0.15) is 6.92 Å². The predicted octanol–water partition coefficient (Wildman–Crippen LogP) is -8.35. The van der Waals surface area contributed by atoms with Crippen LogP contribution in [0.25, 0.3) is 0 Å². The van der Waals surface area contributed by atoms with E-state index in [1.807, 2.05) is 0 Å². The van der Waals surface area contributed by atoms with Crippen LogP contribution >= 0.6 is 0 Å². The first-order valence-electron chi connectivity index (χ1n) is 1.54. The van der Waals surface area contributed by atoms with Gasteiger partial charge < -0.3 is 24.9 Å². The zero-order valence-electron chi connectivity index (χ0n) is 6.08. The van der Waals surface area contributed by atoms with E-state index in [4.69, 9.17) is 24.9 Å². The van der Waals surface area contributed by atoms with E-state index in [-0.39, 0.29) is 70.2 Å². The van der Waals surface area contributed by atoms with E-state index in [2.05, 4.69) is 0 Å². The molecule has 7 heteroatoms. The van der Waals surface area contributed by atoms with Crippen molar-refractivity contribution in [2.45, 2.75) is 6.92 Å². The molecule has 0 atom stereocenters. The molecule has 0 unspecified atom stereocenters. The molecule has 0 amide bonds. The fourth-order valence-electron chi connectivity index (χ4n) is 0. The summed E-state index contributed by atoms with van der Waals surface area (Å²) in [6, 6.07) is 0. The molecule has 0 radical (unpaired) electrons. The van der Waals surface area contributed by atoms with Crippen molar-refractivity contribution in [2.24, 2.45) is 0 Å². The van der Waals surface area contributed by atoms with Gasteiger partial charge in [-0.3, -0.25) is 0 Å². The smallest absolute Gasteiger partial charge is 0.565 e. The number of rotatable bonds is 0. The van der Waals surface area contributed by atoms with Crippen molar-refractivity contribution in [1.29, 1.82) is 0 Å². The molecular formula is C3H4KLiO5. The Hall–Kier alpha value is 0.974. The molecule has 0 heterocycles. The fraction of sp³-hybridized carbons (Fsp3) is 0.333. The summed E-state index contributed by atoms with van der Waals surface area (Å²) in [6.45, 7) is 0.972. The van der Waals surface area contributed by atoms with E-state index >= 15 is 0 Å². The molecule has 0 rings (SSSR count). The number of carboxylic acid groups (broad SMARTS) is 3. The Bertz CT molecular complexity index is 74.9. The third-order valence-corrected chi connectivity index (χ3v) is 0. The molecule has 1 N–H and O–H groups in total. The van der Waals surface area contributed by atoms with Crippen molar-refractivity contribution in [2.75, 3.05) is 0 Å². The van der Waals surface area contributed by atoms with Crippen LogP contribution in [0.4, 0.5) is 4.79 Å². The van der Waals surface area contributed by atoms with Gasteiger partial charge in [-0.2, -0.15) is 0 Å². The van der Waals surface area contributed by atoms with E-state index in [9.17, 15) is 0 Å². The standard InChI is InChI=1S/C2H4O2.CH2O3.K.Li/c1-2(3)4;2-1(3)4;;/h1H3,(H,3,4);(H2,2,3,4);;/q;;2*+1/p-2. The number of carboxylic acids is 1. The van der Waals surface area contributed by atoms with Crippen molar-refractivity contribution in [3.63, 3.8) is 0 Å². The topological polar surface area (TPSA) is 100 Å². The van der Waals surface area contributed by atoms with Crippen LogP contribution in [0.3, 0.4) is 0 Å². The molecule has 0 spiro atoms. The summed E-state index contributed by atoms with van der Waals surface area (Å²) in [7, 11) is 0. The molecule has 0 bridgehead atoms. The summed E-state index contributed by atoms with van der Waals surface area (Å²) in [4.78, 5) is 17.3. The predicted molar refractivity (Wildman–Crippen MR) is 18.7 cm³/mol. The van der Waals surface area contributed by atoms with E-state index in [1.54, 1.807) is 0 Å². The van der Waals surface area contributed by atoms with Gasteiger partial charge in [0.2, 0.25) is 6.16 Å². The molecule has 0 aromatic carbocycles. The molecule has 10 heavy (non-hydrogen) atoms. The maximum absolute atomic E-state index is 8.89. The Kier molecular flexibility index (Phi) is 37.1. The minimum absolute atomic E-state index is 0. The first kappa shape index (κ1) is 22.4. The molecule has 0 aliphatic rings. The summed E-state index contributed by atoms with van der Waals surface area (Å²) in [5.74, 6) is -1.08. The van der Waals surface area contributed by atoms with Gasteiger partial charge in [0.05, 0.1) is 0 Å². The van der Waals surface area contributed by atoms with E-state index in [0.717, 1.165) is 6.92 Å². The maximum Gasteiger partial charge on any atom is 1.00 e. The zero-order chi connectivity index (χ0) is 7.15. The molecule has 0 fully saturated rings. The molecule has 0 aliphatic carbocycles. The van der Waals surface area contributed by atoms with Gasteiger partial charge in [0.1, 0.15) is 0 Å². The number of carbonyl (C=O) groups excluding carboxylic acids is 1. The van der Waals surface area contributed by atoms with Crippen molar-refractivity contribution < 1.29 is 95.2 Å². The van der Waals surface area contributed by atoms with Gasteiger partial charge in [-0.1, -0.05) is 0 Å². The van der Waals surface area contributed by atoms with Crippen LogP contribution < -0.4 is 80.5 Å². The third-order valence-electron chi connectivity index (χ3n) is 0. The summed E-state index contributed by atoms with van der Waals surface area (Å²) in [6.07, 6.45) is -2.08. The first-order chi connectivity index (χ1) is 3.46. The molecule has 0 saturated carbocycles. The van der Waals surface area contributed by atoms with Crippen LogP contribution in [0.15, 0.2) is 0 Å². The minimum Gasteiger partial charge on any atom is -0.565 e. The average molecular weight is 166 g/mol. The zero-order valence-corrected chi connectivity index (χ0v) is 9.20. The number of hydrogen-bond acceptors (Lipinski definition) is 4. The Morgan fingerprint density at radius 1 is 1.30 bits per heavy atom. The van der Waals surface area contributed by atoms with E-state index in [1.165, 1.54) is 0 Å². The fourth-order valence-corrected chi connectivity index (χ4v) is 0. The monoisotopic (exact) mass is 166 g/mol. The van der Waals surface area contributed by atoms with Crippen LogP contribution in [0.5, 0.6) is 0 Å². The van der Waals surface area contributed by atoms with Crippen LogP contribution in [0, 0.1) is 0 Å². The van der Waals surface area contributed by atoms with Crippen LogP contribution in [-0.2, 0) is 4.79 Å². The molecule has 0 aromatic heterocycles. The summed E-state index contributed by atoms with van der Waals surface area (Å²) in [5, 5.41) is 24.2. The molecular weight excluding hydrogens is 162 g/mol. The Labute approximate surface area is 112 Å². The molecule has 0 saturated heterocycles. The molecule has 0 aromatic rings. The second kappa shape index (κ2) is 16.5. The van der Waals surface area contributed by atoms with Gasteiger partial charge in [-0.25, -0.2) is 0 Å². The third kappa shape index (κ3) is 602. The van der Waals surface area contributed by atoms with Crippen molar-refractivity contribution in [3.05, 3.63) is 0 Å². The second-order valence-corrected chi connectivity index (χ2v) is 0.757.